The second-order valence-electron chi connectivity index (χ2n) is 10.7. The first-order valence-electron chi connectivity index (χ1n) is 14.1. The molecule has 1 aliphatic carbocycles. The average Bonchev–Trinajstić information content (AvgIpc) is 3.80. The number of ether oxygens (including phenoxy) is 3. The molecule has 6 rings (SSSR count). The Balaban J connectivity index is 1.40. The smallest absolute Gasteiger partial charge is 0.353 e. The minimum Gasteiger partial charge on any atom is -0.497 e. The fourth-order valence-corrected chi connectivity index (χ4v) is 5.18. The van der Waals surface area contributed by atoms with Crippen LogP contribution in [0.25, 0.3) is 22.0 Å². The highest BCUT2D eigenvalue weighted by Crippen LogP contribution is 2.39. The zero-order chi connectivity index (χ0) is 29.9. The van der Waals surface area contributed by atoms with Crippen molar-refractivity contribution < 1.29 is 34.0 Å². The van der Waals surface area contributed by atoms with Crippen molar-refractivity contribution in [1.82, 2.24) is 4.57 Å². The fourth-order valence-electron chi connectivity index (χ4n) is 5.18. The first-order valence-corrected chi connectivity index (χ1v) is 14.1. The zero-order valence-electron chi connectivity index (χ0n) is 23.7. The summed E-state index contributed by atoms with van der Waals surface area (Å²) >= 11 is 0. The molecule has 43 heavy (non-hydrogen) atoms. The largest absolute Gasteiger partial charge is 0.497 e. The van der Waals surface area contributed by atoms with Crippen LogP contribution in [0.15, 0.2) is 91.0 Å². The van der Waals surface area contributed by atoms with E-state index in [9.17, 15) is 14.7 Å². The predicted molar refractivity (Wildman–Crippen MR) is 162 cm³/mol. The molecule has 0 atom stereocenters. The van der Waals surface area contributed by atoms with Crippen LogP contribution >= 0.6 is 0 Å². The normalized spacial score (nSPS) is 12.7. The molecule has 5 aromatic rings. The van der Waals surface area contributed by atoms with Crippen molar-refractivity contribution in [2.75, 3.05) is 13.7 Å². The van der Waals surface area contributed by atoms with Gasteiger partial charge in [0.05, 0.1) is 19.3 Å². The van der Waals surface area contributed by atoms with E-state index in [1.54, 1.807) is 19.2 Å². The summed E-state index contributed by atoms with van der Waals surface area (Å²) < 4.78 is 19.2. The second-order valence-corrected chi connectivity index (χ2v) is 10.7. The maximum atomic E-state index is 12.9. The molecular weight excluding hydrogens is 546 g/mol. The molecule has 1 aromatic heterocycles. The highest BCUT2D eigenvalue weighted by molar-refractivity contribution is 6.08. The summed E-state index contributed by atoms with van der Waals surface area (Å²) in [6, 6.07) is 27.2. The van der Waals surface area contributed by atoms with Gasteiger partial charge in [-0.15, -0.1) is 0 Å². The molecule has 2 N–H and O–H groups in total. The molecular formula is C35H31NO7. The lowest BCUT2D eigenvalue weighted by molar-refractivity contribution is 0.0680. The number of fused-ring (bicyclic) bond motifs is 1. The lowest BCUT2D eigenvalue weighted by Crippen LogP contribution is -2.10. The molecule has 1 fully saturated rings. The maximum absolute atomic E-state index is 12.9. The summed E-state index contributed by atoms with van der Waals surface area (Å²) in [6.45, 7) is 1.25. The zero-order valence-corrected chi connectivity index (χ0v) is 23.7. The summed E-state index contributed by atoms with van der Waals surface area (Å²) in [6.07, 6.45) is 2.40. The van der Waals surface area contributed by atoms with E-state index in [2.05, 4.69) is 0 Å². The average molecular weight is 578 g/mol. The standard InChI is InChI=1S/C35H31NO7/c1-41-28-4-2-3-24(17-28)19-36-31-16-15-29(43-21-23-7-9-26(10-8-23)34(37)38)18-30(31)32(33(36)35(39)40)25-11-13-27(14-12-25)42-20-22-5-6-22/h2-4,7-18,22H,5-6,19-21H2,1H3,(H,37,38)(H,39,40). The molecule has 0 aliphatic heterocycles. The third-order valence-electron chi connectivity index (χ3n) is 7.64. The van der Waals surface area contributed by atoms with Gasteiger partial charge in [0, 0.05) is 23.0 Å². The van der Waals surface area contributed by atoms with Crippen molar-refractivity contribution in [3.8, 4) is 28.4 Å². The Morgan fingerprint density at radius 3 is 2.21 bits per heavy atom. The number of benzene rings is 4. The number of carbonyl (C=O) groups is 2. The Labute approximate surface area is 248 Å². The number of hydrogen-bond acceptors (Lipinski definition) is 5. The van der Waals surface area contributed by atoms with Crippen LogP contribution in [-0.2, 0) is 13.2 Å². The van der Waals surface area contributed by atoms with Crippen molar-refractivity contribution in [2.24, 2.45) is 5.92 Å². The Kier molecular flexibility index (Phi) is 7.75. The molecule has 0 saturated heterocycles. The lowest BCUT2D eigenvalue weighted by Gasteiger charge is -2.11. The number of aromatic nitrogens is 1. The Hall–Kier alpha value is -5.24. The van der Waals surface area contributed by atoms with Gasteiger partial charge in [-0.1, -0.05) is 36.4 Å². The molecule has 8 heteroatoms. The van der Waals surface area contributed by atoms with Crippen LogP contribution in [0.1, 0.15) is 44.8 Å². The molecule has 218 valence electrons. The van der Waals surface area contributed by atoms with Gasteiger partial charge in [0.2, 0.25) is 0 Å². The van der Waals surface area contributed by atoms with E-state index in [0.29, 0.717) is 36.1 Å². The van der Waals surface area contributed by atoms with Gasteiger partial charge in [0.1, 0.15) is 29.5 Å². The van der Waals surface area contributed by atoms with Gasteiger partial charge in [-0.05, 0) is 90.0 Å². The van der Waals surface area contributed by atoms with Gasteiger partial charge in [-0.3, -0.25) is 0 Å². The maximum Gasteiger partial charge on any atom is 0.353 e. The van der Waals surface area contributed by atoms with Crippen LogP contribution in [0.4, 0.5) is 0 Å². The van der Waals surface area contributed by atoms with Crippen molar-refractivity contribution in [2.45, 2.75) is 26.0 Å². The molecule has 0 radical (unpaired) electrons. The molecule has 1 saturated carbocycles. The van der Waals surface area contributed by atoms with E-state index >= 15 is 0 Å². The third kappa shape index (κ3) is 6.18. The van der Waals surface area contributed by atoms with E-state index in [1.807, 2.05) is 71.3 Å². The summed E-state index contributed by atoms with van der Waals surface area (Å²) in [7, 11) is 1.60. The molecule has 0 unspecified atom stereocenters. The van der Waals surface area contributed by atoms with Gasteiger partial charge < -0.3 is 29.0 Å². The van der Waals surface area contributed by atoms with Gasteiger partial charge in [-0.25, -0.2) is 9.59 Å². The SMILES string of the molecule is COc1cccc(Cn2c(C(=O)O)c(-c3ccc(OCC4CC4)cc3)c3cc(OCc4ccc(C(=O)O)cc4)ccc32)c1. The summed E-state index contributed by atoms with van der Waals surface area (Å²) in [5.74, 6) is 0.618. The molecule has 0 spiro atoms. The molecule has 8 nitrogen and oxygen atoms in total. The number of aromatic carboxylic acids is 2. The Bertz CT molecular complexity index is 1780. The van der Waals surface area contributed by atoms with Crippen molar-refractivity contribution in [3.63, 3.8) is 0 Å². The van der Waals surface area contributed by atoms with Crippen molar-refractivity contribution in [1.29, 1.82) is 0 Å². The van der Waals surface area contributed by atoms with Crippen LogP contribution in [0.2, 0.25) is 0 Å². The minimum absolute atomic E-state index is 0.172. The van der Waals surface area contributed by atoms with E-state index in [0.717, 1.165) is 33.3 Å². The van der Waals surface area contributed by atoms with E-state index in [4.69, 9.17) is 19.3 Å². The van der Waals surface area contributed by atoms with Crippen LogP contribution in [0, 0.1) is 5.92 Å². The monoisotopic (exact) mass is 577 g/mol. The quantitative estimate of drug-likeness (QED) is 0.162. The number of carboxylic acid groups (broad SMARTS) is 2. The predicted octanol–water partition coefficient (Wildman–Crippen LogP) is 7.13. The summed E-state index contributed by atoms with van der Waals surface area (Å²) in [4.78, 5) is 24.1. The minimum atomic E-state index is -1.04. The number of rotatable bonds is 12. The van der Waals surface area contributed by atoms with Gasteiger partial charge in [0.25, 0.3) is 0 Å². The highest BCUT2D eigenvalue weighted by atomic mass is 16.5. The van der Waals surface area contributed by atoms with E-state index in [-0.39, 0.29) is 17.9 Å². The first-order chi connectivity index (χ1) is 20.9. The van der Waals surface area contributed by atoms with E-state index in [1.165, 1.54) is 25.0 Å². The lowest BCUT2D eigenvalue weighted by atomic mass is 10.0. The second kappa shape index (κ2) is 11.9. The first kappa shape index (κ1) is 27.9. The summed E-state index contributed by atoms with van der Waals surface area (Å²) in [5.41, 5.74) is 4.20. The summed E-state index contributed by atoms with van der Waals surface area (Å²) in [5, 5.41) is 20.4. The molecule has 0 bridgehead atoms. The van der Waals surface area contributed by atoms with Crippen LogP contribution in [-0.4, -0.2) is 40.4 Å². The van der Waals surface area contributed by atoms with Gasteiger partial charge in [-0.2, -0.15) is 0 Å². The molecule has 1 heterocycles. The van der Waals surface area contributed by atoms with Crippen LogP contribution in [0.5, 0.6) is 17.2 Å². The Morgan fingerprint density at radius 2 is 1.53 bits per heavy atom. The molecule has 0 amide bonds. The molecule has 1 aliphatic rings. The fraction of sp³-hybridized carbons (Fsp3) is 0.200. The highest BCUT2D eigenvalue weighted by Gasteiger charge is 2.25. The molecule has 4 aromatic carbocycles. The van der Waals surface area contributed by atoms with Crippen molar-refractivity contribution >= 4 is 22.8 Å². The number of hydrogen-bond donors (Lipinski definition) is 2. The Morgan fingerprint density at radius 1 is 0.791 bits per heavy atom. The van der Waals surface area contributed by atoms with Crippen molar-refractivity contribution in [3.05, 3.63) is 113 Å². The topological polar surface area (TPSA) is 107 Å². The van der Waals surface area contributed by atoms with E-state index < -0.39 is 11.9 Å². The van der Waals surface area contributed by atoms with Crippen LogP contribution in [0.3, 0.4) is 0 Å². The number of nitrogens with zero attached hydrogens (tertiary/aromatic N) is 1. The number of carboxylic acids is 2. The number of methoxy groups -OCH3 is 1. The van der Waals surface area contributed by atoms with Crippen LogP contribution < -0.4 is 14.2 Å². The third-order valence-corrected chi connectivity index (χ3v) is 7.64. The van der Waals surface area contributed by atoms with Gasteiger partial charge >= 0.3 is 11.9 Å². The van der Waals surface area contributed by atoms with Gasteiger partial charge in [0.15, 0.2) is 0 Å².